The molecule has 0 saturated heterocycles. The van der Waals surface area contributed by atoms with Crippen molar-refractivity contribution >= 4 is 15.8 Å². The molecule has 0 spiro atoms. The van der Waals surface area contributed by atoms with Crippen LogP contribution >= 0.6 is 0 Å². The molecule has 1 aromatic rings. The van der Waals surface area contributed by atoms with Crippen LogP contribution < -0.4 is 9.47 Å². The zero-order valence-corrected chi connectivity index (χ0v) is 13.4. The summed E-state index contributed by atoms with van der Waals surface area (Å²) in [5, 5.41) is 8.67. The van der Waals surface area contributed by atoms with Crippen molar-refractivity contribution in [3.05, 3.63) is 17.7 Å². The van der Waals surface area contributed by atoms with E-state index in [4.69, 9.17) is 9.47 Å². The molecule has 0 aliphatic rings. The number of carboxylic acids is 1. The lowest BCUT2D eigenvalue weighted by Gasteiger charge is -2.17. The number of carbonyl (C=O) groups is 1. The number of methoxy groups -OCH3 is 2. The molecule has 0 radical (unpaired) electrons. The highest BCUT2D eigenvalue weighted by molar-refractivity contribution is 7.92. The lowest BCUT2D eigenvalue weighted by Crippen LogP contribution is -2.20. The normalized spacial score (nSPS) is 11.5. The molecule has 118 valence electrons. The van der Waals surface area contributed by atoms with E-state index < -0.39 is 21.1 Å². The molecule has 0 amide bonds. The molecule has 0 aliphatic carbocycles. The van der Waals surface area contributed by atoms with Gasteiger partial charge in [-0.2, -0.15) is 0 Å². The van der Waals surface area contributed by atoms with Gasteiger partial charge in [0.2, 0.25) is 0 Å². The van der Waals surface area contributed by atoms with Gasteiger partial charge in [0.15, 0.2) is 21.3 Å². The summed E-state index contributed by atoms with van der Waals surface area (Å²) in [7, 11) is -0.978. The first kappa shape index (κ1) is 17.3. The van der Waals surface area contributed by atoms with E-state index in [9.17, 15) is 18.3 Å². The van der Waals surface area contributed by atoms with Crippen LogP contribution in [-0.2, 0) is 9.84 Å². The molecule has 0 aromatic heterocycles. The van der Waals surface area contributed by atoms with Crippen LogP contribution in [0.3, 0.4) is 0 Å². The Labute approximate surface area is 124 Å². The topological polar surface area (TPSA) is 89.9 Å². The number of aromatic carboxylic acids is 1. The second-order valence-electron chi connectivity index (χ2n) is 4.50. The Morgan fingerprint density at radius 1 is 1.19 bits per heavy atom. The fourth-order valence-electron chi connectivity index (χ4n) is 2.18. The summed E-state index contributed by atoms with van der Waals surface area (Å²) < 4.78 is 35.2. The van der Waals surface area contributed by atoms with E-state index in [1.54, 1.807) is 13.8 Å². The van der Waals surface area contributed by atoms with Crippen LogP contribution in [0.15, 0.2) is 17.0 Å². The van der Waals surface area contributed by atoms with Crippen LogP contribution in [0, 0.1) is 0 Å². The zero-order valence-electron chi connectivity index (χ0n) is 12.5. The SMILES string of the molecule is CCC(CC)S(=O)(=O)c1cc(OC)c(OC)c(C(=O)O)c1. The predicted octanol–water partition coefficient (Wildman–Crippen LogP) is 2.36. The standard InChI is InChI=1S/C14H20O6S/c1-5-9(6-2)21(17,18)10-7-11(14(15)16)13(20-4)12(8-10)19-3/h7-9H,5-6H2,1-4H3,(H,15,16). The van der Waals surface area contributed by atoms with Crippen molar-refractivity contribution in [1.29, 1.82) is 0 Å². The highest BCUT2D eigenvalue weighted by Gasteiger charge is 2.28. The van der Waals surface area contributed by atoms with Gasteiger partial charge in [-0.1, -0.05) is 13.8 Å². The maximum absolute atomic E-state index is 12.5. The third-order valence-corrected chi connectivity index (χ3v) is 5.80. The third kappa shape index (κ3) is 3.29. The molecule has 0 heterocycles. The molecule has 0 fully saturated rings. The monoisotopic (exact) mass is 316 g/mol. The van der Waals surface area contributed by atoms with E-state index in [0.717, 1.165) is 6.07 Å². The Bertz CT molecular complexity index is 617. The van der Waals surface area contributed by atoms with Crippen LogP contribution in [0.4, 0.5) is 0 Å². The largest absolute Gasteiger partial charge is 0.493 e. The molecule has 21 heavy (non-hydrogen) atoms. The number of hydrogen-bond acceptors (Lipinski definition) is 5. The molecule has 1 rings (SSSR count). The lowest BCUT2D eigenvalue weighted by molar-refractivity contribution is 0.0692. The molecule has 0 saturated carbocycles. The van der Waals surface area contributed by atoms with Crippen LogP contribution in [0.5, 0.6) is 11.5 Å². The third-order valence-electron chi connectivity index (χ3n) is 3.36. The average Bonchev–Trinajstić information content (AvgIpc) is 2.46. The second kappa shape index (κ2) is 6.80. The molecule has 0 atom stereocenters. The van der Waals surface area contributed by atoms with E-state index in [0.29, 0.717) is 12.8 Å². The summed E-state index contributed by atoms with van der Waals surface area (Å²) >= 11 is 0. The maximum atomic E-state index is 12.5. The highest BCUT2D eigenvalue weighted by atomic mass is 32.2. The van der Waals surface area contributed by atoms with Crippen LogP contribution in [0.2, 0.25) is 0 Å². The minimum Gasteiger partial charge on any atom is -0.493 e. The van der Waals surface area contributed by atoms with Gasteiger partial charge in [-0.3, -0.25) is 0 Å². The summed E-state index contributed by atoms with van der Waals surface area (Å²) in [6, 6.07) is 2.43. The number of hydrogen-bond donors (Lipinski definition) is 1. The van der Waals surface area contributed by atoms with E-state index in [2.05, 4.69) is 0 Å². The van der Waals surface area contributed by atoms with Crippen LogP contribution in [0.25, 0.3) is 0 Å². The van der Waals surface area contributed by atoms with E-state index in [1.165, 1.54) is 20.3 Å². The lowest BCUT2D eigenvalue weighted by atomic mass is 10.2. The molecule has 1 N–H and O–H groups in total. The van der Waals surface area contributed by atoms with E-state index in [1.807, 2.05) is 0 Å². The van der Waals surface area contributed by atoms with Crippen LogP contribution in [-0.4, -0.2) is 39.0 Å². The minimum absolute atomic E-state index is 0.00787. The fraction of sp³-hybridized carbons (Fsp3) is 0.500. The Balaban J connectivity index is 3.59. The van der Waals surface area contributed by atoms with Crippen molar-refractivity contribution in [3.8, 4) is 11.5 Å². The quantitative estimate of drug-likeness (QED) is 0.830. The molecule has 0 aliphatic heterocycles. The van der Waals surface area contributed by atoms with Gasteiger partial charge >= 0.3 is 5.97 Å². The molecule has 0 bridgehead atoms. The summed E-state index contributed by atoms with van der Waals surface area (Å²) in [5.41, 5.74) is -0.235. The summed E-state index contributed by atoms with van der Waals surface area (Å²) in [5.74, 6) is -1.18. The summed E-state index contributed by atoms with van der Waals surface area (Å²) in [6.45, 7) is 3.56. The van der Waals surface area contributed by atoms with Gasteiger partial charge in [0.25, 0.3) is 0 Å². The van der Waals surface area contributed by atoms with Gasteiger partial charge in [-0.05, 0) is 18.9 Å². The van der Waals surface area contributed by atoms with Gasteiger partial charge in [0, 0.05) is 6.07 Å². The minimum atomic E-state index is -3.61. The Morgan fingerprint density at radius 3 is 2.14 bits per heavy atom. The van der Waals surface area contributed by atoms with Crippen molar-refractivity contribution in [3.63, 3.8) is 0 Å². The average molecular weight is 316 g/mol. The molecule has 6 nitrogen and oxygen atoms in total. The van der Waals surface area contributed by atoms with Gasteiger partial charge < -0.3 is 14.6 Å². The predicted molar refractivity (Wildman–Crippen MR) is 78.1 cm³/mol. The van der Waals surface area contributed by atoms with Crippen molar-refractivity contribution in [1.82, 2.24) is 0 Å². The molecular formula is C14H20O6S. The van der Waals surface area contributed by atoms with Crippen LogP contribution in [0.1, 0.15) is 37.0 Å². The maximum Gasteiger partial charge on any atom is 0.339 e. The number of carboxylic acid groups (broad SMARTS) is 1. The first-order chi connectivity index (χ1) is 9.83. The molecule has 1 aromatic carbocycles. The Morgan fingerprint density at radius 2 is 1.76 bits per heavy atom. The Hall–Kier alpha value is -1.76. The van der Waals surface area contributed by atoms with Crippen molar-refractivity contribution < 1.29 is 27.8 Å². The second-order valence-corrected chi connectivity index (χ2v) is 6.72. The number of ether oxygens (including phenoxy) is 2. The molecule has 7 heteroatoms. The molecular weight excluding hydrogens is 296 g/mol. The van der Waals surface area contributed by atoms with Crippen molar-refractivity contribution in [2.75, 3.05) is 14.2 Å². The van der Waals surface area contributed by atoms with Gasteiger partial charge in [0.1, 0.15) is 5.56 Å². The van der Waals surface area contributed by atoms with Gasteiger partial charge in [-0.25, -0.2) is 13.2 Å². The number of sulfone groups is 1. The van der Waals surface area contributed by atoms with E-state index >= 15 is 0 Å². The van der Waals surface area contributed by atoms with Crippen molar-refractivity contribution in [2.24, 2.45) is 0 Å². The first-order valence-electron chi connectivity index (χ1n) is 6.56. The Kier molecular flexibility index (Phi) is 5.60. The zero-order chi connectivity index (χ0) is 16.2. The van der Waals surface area contributed by atoms with Gasteiger partial charge in [0.05, 0.1) is 24.4 Å². The highest BCUT2D eigenvalue weighted by Crippen LogP contribution is 2.35. The van der Waals surface area contributed by atoms with Gasteiger partial charge in [-0.15, -0.1) is 0 Å². The summed E-state index contributed by atoms with van der Waals surface area (Å²) in [4.78, 5) is 11.2. The fourth-order valence-corrected chi connectivity index (χ4v) is 4.00. The summed E-state index contributed by atoms with van der Waals surface area (Å²) in [6.07, 6.45) is 0.908. The van der Waals surface area contributed by atoms with Crippen molar-refractivity contribution in [2.45, 2.75) is 36.8 Å². The number of benzene rings is 1. The smallest absolute Gasteiger partial charge is 0.339 e. The molecule has 0 unspecified atom stereocenters. The first-order valence-corrected chi connectivity index (χ1v) is 8.11. The van der Waals surface area contributed by atoms with E-state index in [-0.39, 0.29) is 22.0 Å². The number of rotatable bonds is 7.